The highest BCUT2D eigenvalue weighted by Gasteiger charge is 2.18. The third kappa shape index (κ3) is 3.68. The molecule has 0 saturated heterocycles. The number of thiazole rings is 1. The molecule has 4 aromatic rings. The Bertz CT molecular complexity index is 1140. The number of anilines is 1. The van der Waals surface area contributed by atoms with Gasteiger partial charge in [-0.2, -0.15) is 5.26 Å². The SMILES string of the molecule is N#Cc1ccccc1Cc1sc(NC(=O)c2ccncc2)nc1-c1ccco1. The van der Waals surface area contributed by atoms with Crippen LogP contribution in [0.1, 0.15) is 26.4 Å². The van der Waals surface area contributed by atoms with Crippen LogP contribution in [0.4, 0.5) is 5.13 Å². The maximum atomic E-state index is 12.4. The van der Waals surface area contributed by atoms with E-state index in [1.54, 1.807) is 42.9 Å². The second kappa shape index (κ2) is 7.86. The van der Waals surface area contributed by atoms with Crippen LogP contribution >= 0.6 is 11.3 Å². The van der Waals surface area contributed by atoms with E-state index < -0.39 is 0 Å². The molecule has 1 aromatic carbocycles. The van der Waals surface area contributed by atoms with Crippen LogP contribution in [0.2, 0.25) is 0 Å². The van der Waals surface area contributed by atoms with Gasteiger partial charge in [-0.1, -0.05) is 18.2 Å². The number of hydrogen-bond acceptors (Lipinski definition) is 6. The third-order valence-electron chi connectivity index (χ3n) is 4.10. The van der Waals surface area contributed by atoms with E-state index >= 15 is 0 Å². The number of amides is 1. The molecule has 0 spiro atoms. The summed E-state index contributed by atoms with van der Waals surface area (Å²) in [7, 11) is 0. The van der Waals surface area contributed by atoms with Crippen LogP contribution in [0.25, 0.3) is 11.5 Å². The first-order chi connectivity index (χ1) is 13.7. The molecule has 1 N–H and O–H groups in total. The maximum absolute atomic E-state index is 12.4. The molecule has 0 fully saturated rings. The predicted molar refractivity (Wildman–Crippen MR) is 106 cm³/mol. The summed E-state index contributed by atoms with van der Waals surface area (Å²) in [6.45, 7) is 0. The van der Waals surface area contributed by atoms with Crippen molar-refractivity contribution < 1.29 is 9.21 Å². The first-order valence-corrected chi connectivity index (χ1v) is 9.29. The minimum atomic E-state index is -0.258. The lowest BCUT2D eigenvalue weighted by Gasteiger charge is -2.03. The van der Waals surface area contributed by atoms with Gasteiger partial charge >= 0.3 is 0 Å². The largest absolute Gasteiger partial charge is 0.463 e. The van der Waals surface area contributed by atoms with E-state index in [9.17, 15) is 10.1 Å². The van der Waals surface area contributed by atoms with Crippen molar-refractivity contribution in [3.8, 4) is 17.5 Å². The van der Waals surface area contributed by atoms with Gasteiger partial charge in [0.15, 0.2) is 10.9 Å². The van der Waals surface area contributed by atoms with Crippen LogP contribution in [0.3, 0.4) is 0 Å². The third-order valence-corrected chi connectivity index (χ3v) is 5.07. The van der Waals surface area contributed by atoms with E-state index in [-0.39, 0.29) is 5.91 Å². The summed E-state index contributed by atoms with van der Waals surface area (Å²) in [6, 6.07) is 16.5. The van der Waals surface area contributed by atoms with Gasteiger partial charge in [0, 0.05) is 29.3 Å². The van der Waals surface area contributed by atoms with Gasteiger partial charge in [-0.25, -0.2) is 4.98 Å². The van der Waals surface area contributed by atoms with E-state index in [0.29, 0.717) is 34.1 Å². The molecule has 1 amide bonds. The van der Waals surface area contributed by atoms with Crippen molar-refractivity contribution in [3.63, 3.8) is 0 Å². The molecule has 4 rings (SSSR count). The summed E-state index contributed by atoms with van der Waals surface area (Å²) >= 11 is 1.37. The summed E-state index contributed by atoms with van der Waals surface area (Å²) < 4.78 is 5.52. The van der Waals surface area contributed by atoms with Gasteiger partial charge in [0.2, 0.25) is 0 Å². The topological polar surface area (TPSA) is 91.8 Å². The van der Waals surface area contributed by atoms with Crippen molar-refractivity contribution in [2.24, 2.45) is 0 Å². The lowest BCUT2D eigenvalue weighted by Crippen LogP contribution is -2.11. The number of rotatable bonds is 5. The molecule has 6 nitrogen and oxygen atoms in total. The van der Waals surface area contributed by atoms with Crippen molar-refractivity contribution in [1.82, 2.24) is 9.97 Å². The second-order valence-electron chi connectivity index (χ2n) is 5.90. The zero-order chi connectivity index (χ0) is 19.3. The predicted octanol–water partition coefficient (Wildman–Crippen LogP) is 4.51. The van der Waals surface area contributed by atoms with Crippen LogP contribution in [-0.4, -0.2) is 15.9 Å². The van der Waals surface area contributed by atoms with Crippen LogP contribution in [0.15, 0.2) is 71.6 Å². The van der Waals surface area contributed by atoms with E-state index in [1.807, 2.05) is 24.3 Å². The molecule has 0 bridgehead atoms. The van der Waals surface area contributed by atoms with Crippen molar-refractivity contribution in [3.05, 3.63) is 88.8 Å². The molecule has 0 aliphatic carbocycles. The number of carbonyl (C=O) groups is 1. The molecule has 3 heterocycles. The van der Waals surface area contributed by atoms with Gasteiger partial charge in [0.05, 0.1) is 17.9 Å². The van der Waals surface area contributed by atoms with Crippen molar-refractivity contribution >= 4 is 22.4 Å². The zero-order valence-corrected chi connectivity index (χ0v) is 15.4. The van der Waals surface area contributed by atoms with E-state index in [1.165, 1.54) is 11.3 Å². The standard InChI is InChI=1S/C21H14N4O2S/c22-13-16-5-2-1-4-15(16)12-18-19(17-6-3-11-27-17)24-21(28-18)25-20(26)14-7-9-23-10-8-14/h1-11H,12H2,(H,24,25,26). The number of nitriles is 1. The first kappa shape index (κ1) is 17.6. The Hall–Kier alpha value is -3.76. The number of hydrogen-bond donors (Lipinski definition) is 1. The molecule has 0 atom stereocenters. The fraction of sp³-hybridized carbons (Fsp3) is 0.0476. The lowest BCUT2D eigenvalue weighted by atomic mass is 10.0. The normalized spacial score (nSPS) is 10.4. The van der Waals surface area contributed by atoms with Crippen molar-refractivity contribution in [1.29, 1.82) is 5.26 Å². The van der Waals surface area contributed by atoms with E-state index in [0.717, 1.165) is 10.4 Å². The smallest absolute Gasteiger partial charge is 0.257 e. The summed E-state index contributed by atoms with van der Waals surface area (Å²) in [4.78, 5) is 21.8. The quantitative estimate of drug-likeness (QED) is 0.545. The van der Waals surface area contributed by atoms with Crippen LogP contribution in [0, 0.1) is 11.3 Å². The average Bonchev–Trinajstić information content (AvgIpc) is 3.39. The van der Waals surface area contributed by atoms with Crippen LogP contribution in [0.5, 0.6) is 0 Å². The summed E-state index contributed by atoms with van der Waals surface area (Å²) in [5.74, 6) is 0.358. The Labute approximate surface area is 165 Å². The molecule has 0 aliphatic heterocycles. The molecular weight excluding hydrogens is 372 g/mol. The number of nitrogens with one attached hydrogen (secondary N) is 1. The number of nitrogens with zero attached hydrogens (tertiary/aromatic N) is 3. The van der Waals surface area contributed by atoms with E-state index in [2.05, 4.69) is 21.4 Å². The number of pyridine rings is 1. The number of furan rings is 1. The Kier molecular flexibility index (Phi) is 4.95. The molecule has 0 aliphatic rings. The Morgan fingerprint density at radius 2 is 1.96 bits per heavy atom. The van der Waals surface area contributed by atoms with Gasteiger partial charge in [0.1, 0.15) is 5.69 Å². The van der Waals surface area contributed by atoms with Gasteiger partial charge < -0.3 is 4.42 Å². The first-order valence-electron chi connectivity index (χ1n) is 8.47. The molecule has 7 heteroatoms. The minimum absolute atomic E-state index is 0.258. The van der Waals surface area contributed by atoms with Gasteiger partial charge in [0.25, 0.3) is 5.91 Å². The van der Waals surface area contributed by atoms with Gasteiger partial charge in [-0.05, 0) is 35.9 Å². The minimum Gasteiger partial charge on any atom is -0.463 e. The molecule has 0 unspecified atom stereocenters. The van der Waals surface area contributed by atoms with Crippen LogP contribution < -0.4 is 5.32 Å². The zero-order valence-electron chi connectivity index (χ0n) is 14.6. The van der Waals surface area contributed by atoms with Crippen LogP contribution in [-0.2, 0) is 6.42 Å². The van der Waals surface area contributed by atoms with Gasteiger partial charge in [-0.3, -0.25) is 15.1 Å². The second-order valence-corrected chi connectivity index (χ2v) is 6.99. The number of benzene rings is 1. The summed E-state index contributed by atoms with van der Waals surface area (Å²) in [6.07, 6.45) is 5.23. The molecule has 0 radical (unpaired) electrons. The Morgan fingerprint density at radius 1 is 1.14 bits per heavy atom. The number of carbonyl (C=O) groups excluding carboxylic acids is 1. The lowest BCUT2D eigenvalue weighted by molar-refractivity contribution is 0.102. The molecule has 3 aromatic heterocycles. The highest BCUT2D eigenvalue weighted by molar-refractivity contribution is 7.16. The van der Waals surface area contributed by atoms with E-state index in [4.69, 9.17) is 4.42 Å². The number of aromatic nitrogens is 2. The highest BCUT2D eigenvalue weighted by atomic mass is 32.1. The molecular formula is C21H14N4O2S. The molecule has 28 heavy (non-hydrogen) atoms. The maximum Gasteiger partial charge on any atom is 0.257 e. The summed E-state index contributed by atoms with van der Waals surface area (Å²) in [5, 5.41) is 12.7. The fourth-order valence-corrected chi connectivity index (χ4v) is 3.74. The van der Waals surface area contributed by atoms with Gasteiger partial charge in [-0.15, -0.1) is 11.3 Å². The molecule has 136 valence electrons. The molecule has 0 saturated carbocycles. The Balaban J connectivity index is 1.67. The monoisotopic (exact) mass is 386 g/mol. The highest BCUT2D eigenvalue weighted by Crippen LogP contribution is 2.34. The Morgan fingerprint density at radius 3 is 2.71 bits per heavy atom. The fourth-order valence-electron chi connectivity index (χ4n) is 2.76. The van der Waals surface area contributed by atoms with Crippen molar-refractivity contribution in [2.45, 2.75) is 6.42 Å². The van der Waals surface area contributed by atoms with Crippen molar-refractivity contribution in [2.75, 3.05) is 5.32 Å². The average molecular weight is 386 g/mol. The summed E-state index contributed by atoms with van der Waals surface area (Å²) in [5.41, 5.74) is 2.67.